The topological polar surface area (TPSA) is 50.9 Å². The van der Waals surface area contributed by atoms with E-state index in [-0.39, 0.29) is 0 Å². The molecule has 0 aliphatic rings. The Labute approximate surface area is 131 Å². The fourth-order valence-corrected chi connectivity index (χ4v) is 2.68. The third-order valence-corrected chi connectivity index (χ3v) is 3.74. The molecular weight excluding hydrogens is 278 g/mol. The molecule has 0 saturated carbocycles. The molecule has 0 amide bonds. The summed E-state index contributed by atoms with van der Waals surface area (Å²) in [6, 6.07) is 12.4. The number of aromatic nitrogens is 1. The number of nitrogens with one attached hydrogen (secondary N) is 1. The average molecular weight is 299 g/mol. The Hall–Kier alpha value is -1.94. The predicted octanol–water partition coefficient (Wildman–Crippen LogP) is 3.55. The van der Waals surface area contributed by atoms with Gasteiger partial charge in [0.25, 0.3) is 0 Å². The molecule has 3 N–H and O–H groups in total. The number of rotatable bonds is 5. The first kappa shape index (κ1) is 15.4. The number of nitrogens with two attached hydrogens (primary N) is 1. The van der Waals surface area contributed by atoms with Crippen LogP contribution in [0.4, 0.5) is 5.82 Å². The lowest BCUT2D eigenvalue weighted by Gasteiger charge is -2.17. The molecule has 1 aromatic carbocycles. The molecule has 1 unspecified atom stereocenters. The first-order valence-corrected chi connectivity index (χ1v) is 7.46. The summed E-state index contributed by atoms with van der Waals surface area (Å²) >= 11 is 5.15. The van der Waals surface area contributed by atoms with Gasteiger partial charge >= 0.3 is 0 Å². The molecule has 1 aromatic heterocycles. The van der Waals surface area contributed by atoms with Gasteiger partial charge in [0.15, 0.2) is 0 Å². The van der Waals surface area contributed by atoms with Crippen molar-refractivity contribution in [3.8, 4) is 0 Å². The lowest BCUT2D eigenvalue weighted by atomic mass is 10.0. The molecule has 0 saturated heterocycles. The van der Waals surface area contributed by atoms with E-state index >= 15 is 0 Å². The average Bonchev–Trinajstić information content (AvgIpc) is 2.44. The first-order valence-electron chi connectivity index (χ1n) is 7.06. The molecule has 21 heavy (non-hydrogen) atoms. The van der Waals surface area contributed by atoms with Crippen LogP contribution in [0.1, 0.15) is 35.2 Å². The summed E-state index contributed by atoms with van der Waals surface area (Å²) in [4.78, 5) is 4.93. The Kier molecular flexibility index (Phi) is 4.91. The highest BCUT2D eigenvalue weighted by molar-refractivity contribution is 7.80. The van der Waals surface area contributed by atoms with E-state index in [2.05, 4.69) is 41.5 Å². The molecule has 2 aromatic rings. The maximum Gasteiger partial charge on any atom is 0.136 e. The van der Waals surface area contributed by atoms with Crippen LogP contribution in [0.5, 0.6) is 0 Å². The van der Waals surface area contributed by atoms with E-state index in [1.54, 1.807) is 0 Å². The van der Waals surface area contributed by atoms with Gasteiger partial charge < -0.3 is 11.1 Å². The summed E-state index contributed by atoms with van der Waals surface area (Å²) < 4.78 is 0. The van der Waals surface area contributed by atoms with Gasteiger partial charge in [-0.05, 0) is 37.0 Å². The summed E-state index contributed by atoms with van der Waals surface area (Å²) in [5.41, 5.74) is 10.00. The minimum atomic E-state index is 0.382. The van der Waals surface area contributed by atoms with Crippen LogP contribution in [-0.2, 0) is 0 Å². The number of aryl methyl sites for hydroxylation is 2. The Morgan fingerprint density at radius 1 is 1.29 bits per heavy atom. The number of anilines is 1. The number of nitrogens with zero attached hydrogens (tertiary/aromatic N) is 1. The van der Waals surface area contributed by atoms with Crippen LogP contribution < -0.4 is 11.1 Å². The van der Waals surface area contributed by atoms with Crippen molar-refractivity contribution >= 4 is 23.0 Å². The molecule has 0 bridgehead atoms. The maximum absolute atomic E-state index is 5.83. The molecule has 1 heterocycles. The van der Waals surface area contributed by atoms with Crippen molar-refractivity contribution in [2.45, 2.75) is 26.7 Å². The Bertz CT molecular complexity index is 638. The maximum atomic E-state index is 5.83. The van der Waals surface area contributed by atoms with Crippen molar-refractivity contribution < 1.29 is 0 Å². The van der Waals surface area contributed by atoms with Crippen molar-refractivity contribution in [3.05, 3.63) is 58.8 Å². The molecule has 110 valence electrons. The van der Waals surface area contributed by atoms with Crippen molar-refractivity contribution in [2.75, 3.05) is 11.9 Å². The summed E-state index contributed by atoms with van der Waals surface area (Å²) in [5.74, 6) is 1.16. The van der Waals surface area contributed by atoms with E-state index in [1.807, 2.05) is 26.0 Å². The lowest BCUT2D eigenvalue weighted by Crippen LogP contribution is -2.19. The van der Waals surface area contributed by atoms with Crippen LogP contribution >= 0.6 is 12.2 Å². The number of hydrogen-bond acceptors (Lipinski definition) is 3. The smallest absolute Gasteiger partial charge is 0.136 e. The van der Waals surface area contributed by atoms with Gasteiger partial charge in [-0.15, -0.1) is 0 Å². The van der Waals surface area contributed by atoms with Crippen molar-refractivity contribution in [1.82, 2.24) is 4.98 Å². The fourth-order valence-electron chi connectivity index (χ4n) is 2.42. The molecular formula is C17H21N3S. The van der Waals surface area contributed by atoms with Gasteiger partial charge in [0.1, 0.15) is 10.8 Å². The number of hydrogen-bond donors (Lipinski definition) is 2. The molecule has 4 heteroatoms. The minimum Gasteiger partial charge on any atom is -0.389 e. The highest BCUT2D eigenvalue weighted by atomic mass is 32.1. The molecule has 3 nitrogen and oxygen atoms in total. The van der Waals surface area contributed by atoms with Crippen LogP contribution in [-0.4, -0.2) is 16.5 Å². The third kappa shape index (κ3) is 3.79. The number of benzene rings is 1. The van der Waals surface area contributed by atoms with Gasteiger partial charge in [-0.1, -0.05) is 49.5 Å². The second-order valence-electron chi connectivity index (χ2n) is 5.36. The summed E-state index contributed by atoms with van der Waals surface area (Å²) in [6.07, 6.45) is 0. The molecule has 0 aliphatic carbocycles. The zero-order valence-corrected chi connectivity index (χ0v) is 13.5. The van der Waals surface area contributed by atoms with Gasteiger partial charge in [-0.3, -0.25) is 0 Å². The molecule has 0 aliphatic heterocycles. The van der Waals surface area contributed by atoms with Gasteiger partial charge in [0.2, 0.25) is 0 Å². The summed E-state index contributed by atoms with van der Waals surface area (Å²) in [6.45, 7) is 6.96. The second-order valence-corrected chi connectivity index (χ2v) is 5.80. The highest BCUT2D eigenvalue weighted by Gasteiger charge is 2.12. The zero-order chi connectivity index (χ0) is 15.4. The van der Waals surface area contributed by atoms with E-state index < -0.39 is 0 Å². The van der Waals surface area contributed by atoms with Gasteiger partial charge in [0.05, 0.1) is 5.56 Å². The van der Waals surface area contributed by atoms with E-state index in [9.17, 15) is 0 Å². The van der Waals surface area contributed by atoms with E-state index in [0.29, 0.717) is 10.9 Å². The van der Waals surface area contributed by atoms with Crippen LogP contribution in [0.3, 0.4) is 0 Å². The molecule has 0 spiro atoms. The SMILES string of the molecule is Cc1cc(C)c(C(N)=S)c(NCC(C)c2ccccc2)n1. The number of pyridine rings is 1. The largest absolute Gasteiger partial charge is 0.389 e. The molecule has 2 rings (SSSR count). The molecule has 1 atom stereocenters. The van der Waals surface area contributed by atoms with Gasteiger partial charge in [0, 0.05) is 12.2 Å². The van der Waals surface area contributed by atoms with E-state index in [0.717, 1.165) is 29.2 Å². The summed E-state index contributed by atoms with van der Waals surface area (Å²) in [5, 5.41) is 3.40. The quantitative estimate of drug-likeness (QED) is 0.829. The van der Waals surface area contributed by atoms with Crippen molar-refractivity contribution in [1.29, 1.82) is 0 Å². The molecule has 0 fully saturated rings. The minimum absolute atomic E-state index is 0.382. The van der Waals surface area contributed by atoms with Crippen molar-refractivity contribution in [2.24, 2.45) is 5.73 Å². The number of thiocarbonyl (C=S) groups is 1. The summed E-state index contributed by atoms with van der Waals surface area (Å²) in [7, 11) is 0. The van der Waals surface area contributed by atoms with Gasteiger partial charge in [-0.2, -0.15) is 0 Å². The van der Waals surface area contributed by atoms with Crippen LogP contribution in [0.25, 0.3) is 0 Å². The van der Waals surface area contributed by atoms with Crippen LogP contribution in [0, 0.1) is 13.8 Å². The zero-order valence-electron chi connectivity index (χ0n) is 12.7. The van der Waals surface area contributed by atoms with Crippen LogP contribution in [0.15, 0.2) is 36.4 Å². The fraction of sp³-hybridized carbons (Fsp3) is 0.294. The van der Waals surface area contributed by atoms with Crippen molar-refractivity contribution in [3.63, 3.8) is 0 Å². The predicted molar refractivity (Wildman–Crippen MR) is 92.9 cm³/mol. The molecule has 0 radical (unpaired) electrons. The Balaban J connectivity index is 2.18. The highest BCUT2D eigenvalue weighted by Crippen LogP contribution is 2.21. The lowest BCUT2D eigenvalue weighted by molar-refractivity contribution is 0.800. The normalized spacial score (nSPS) is 12.0. The Morgan fingerprint density at radius 2 is 1.95 bits per heavy atom. The third-order valence-electron chi connectivity index (χ3n) is 3.54. The first-order chi connectivity index (χ1) is 9.99. The van der Waals surface area contributed by atoms with Crippen LogP contribution in [0.2, 0.25) is 0 Å². The van der Waals surface area contributed by atoms with E-state index in [1.165, 1.54) is 5.56 Å². The monoisotopic (exact) mass is 299 g/mol. The Morgan fingerprint density at radius 3 is 2.57 bits per heavy atom. The standard InChI is InChI=1S/C17H21N3S/c1-11-9-13(3)20-17(15(11)16(18)21)19-10-12(2)14-7-5-4-6-8-14/h4-9,12H,10H2,1-3H3,(H2,18,21)(H,19,20). The van der Waals surface area contributed by atoms with Gasteiger partial charge in [-0.25, -0.2) is 4.98 Å². The van der Waals surface area contributed by atoms with E-state index in [4.69, 9.17) is 18.0 Å². The second kappa shape index (κ2) is 6.68.